The van der Waals surface area contributed by atoms with Crippen LogP contribution in [0.5, 0.6) is 0 Å². The molecule has 0 aliphatic heterocycles. The predicted octanol–water partition coefficient (Wildman–Crippen LogP) is 3.70. The van der Waals surface area contributed by atoms with Crippen LogP contribution in [-0.2, 0) is 6.42 Å². The zero-order chi connectivity index (χ0) is 14.4. The summed E-state index contributed by atoms with van der Waals surface area (Å²) in [6.45, 7) is 0. The van der Waals surface area contributed by atoms with Crippen LogP contribution in [0, 0.1) is 16.0 Å². The second kappa shape index (κ2) is 7.39. The zero-order valence-corrected chi connectivity index (χ0v) is 12.2. The molecule has 1 fully saturated rings. The van der Waals surface area contributed by atoms with Crippen LogP contribution in [-0.4, -0.2) is 18.0 Å². The fourth-order valence-corrected chi connectivity index (χ4v) is 3.29. The number of hydrogen-bond acceptors (Lipinski definition) is 3. The van der Waals surface area contributed by atoms with Crippen LogP contribution >= 0.6 is 0 Å². The second-order valence-corrected chi connectivity index (χ2v) is 5.76. The van der Waals surface area contributed by atoms with Gasteiger partial charge >= 0.3 is 0 Å². The first-order valence-electron chi connectivity index (χ1n) is 7.61. The lowest BCUT2D eigenvalue weighted by Gasteiger charge is -2.22. The second-order valence-electron chi connectivity index (χ2n) is 5.76. The summed E-state index contributed by atoms with van der Waals surface area (Å²) in [7, 11) is 2.06. The average Bonchev–Trinajstić information content (AvgIpc) is 2.98. The Kier molecular flexibility index (Phi) is 5.53. The van der Waals surface area contributed by atoms with E-state index in [2.05, 4.69) is 12.4 Å². The lowest BCUT2D eigenvalue weighted by Crippen LogP contribution is -2.32. The Morgan fingerprint density at radius 1 is 1.30 bits per heavy atom. The maximum atomic E-state index is 10.6. The van der Waals surface area contributed by atoms with Crippen molar-refractivity contribution in [2.75, 3.05) is 7.05 Å². The maximum absolute atomic E-state index is 10.6. The van der Waals surface area contributed by atoms with Gasteiger partial charge in [0.25, 0.3) is 5.69 Å². The van der Waals surface area contributed by atoms with Crippen molar-refractivity contribution < 1.29 is 4.92 Å². The number of aryl methyl sites for hydroxylation is 1. The first kappa shape index (κ1) is 15.0. The van der Waals surface area contributed by atoms with Crippen molar-refractivity contribution in [1.82, 2.24) is 5.32 Å². The summed E-state index contributed by atoms with van der Waals surface area (Å²) < 4.78 is 0. The SMILES string of the molecule is CNC(CCCc1ccc([N+](=O)[O-])cc1)C1CCCC1. The minimum absolute atomic E-state index is 0.174. The van der Waals surface area contributed by atoms with E-state index in [1.54, 1.807) is 12.1 Å². The van der Waals surface area contributed by atoms with Crippen LogP contribution in [0.2, 0.25) is 0 Å². The van der Waals surface area contributed by atoms with Gasteiger partial charge in [0, 0.05) is 18.2 Å². The standard InChI is InChI=1S/C16H24N2O2/c1-17-16(14-6-2-3-7-14)8-4-5-13-9-11-15(12-10-13)18(19)20/h9-12,14,16-17H,2-8H2,1H3. The van der Waals surface area contributed by atoms with Crippen LogP contribution < -0.4 is 5.32 Å². The molecule has 0 aromatic heterocycles. The number of rotatable bonds is 7. The van der Waals surface area contributed by atoms with Gasteiger partial charge in [-0.2, -0.15) is 0 Å². The summed E-state index contributed by atoms with van der Waals surface area (Å²) in [5.74, 6) is 0.844. The molecule has 0 saturated heterocycles. The third kappa shape index (κ3) is 4.04. The van der Waals surface area contributed by atoms with E-state index in [0.29, 0.717) is 6.04 Å². The number of hydrogen-bond donors (Lipinski definition) is 1. The molecule has 1 unspecified atom stereocenters. The van der Waals surface area contributed by atoms with Crippen molar-refractivity contribution >= 4 is 5.69 Å². The van der Waals surface area contributed by atoms with E-state index >= 15 is 0 Å². The van der Waals surface area contributed by atoms with Crippen LogP contribution in [0.15, 0.2) is 24.3 Å². The van der Waals surface area contributed by atoms with Crippen molar-refractivity contribution in [2.45, 2.75) is 51.0 Å². The molecule has 0 amide bonds. The van der Waals surface area contributed by atoms with Gasteiger partial charge in [-0.05, 0) is 50.6 Å². The molecule has 110 valence electrons. The number of nitrogens with one attached hydrogen (secondary N) is 1. The highest BCUT2D eigenvalue weighted by atomic mass is 16.6. The smallest absolute Gasteiger partial charge is 0.269 e. The molecule has 0 heterocycles. The highest BCUT2D eigenvalue weighted by molar-refractivity contribution is 5.32. The van der Waals surface area contributed by atoms with Gasteiger partial charge in [-0.3, -0.25) is 10.1 Å². The summed E-state index contributed by atoms with van der Waals surface area (Å²) in [6.07, 6.45) is 8.82. The molecule has 1 N–H and O–H groups in total. The van der Waals surface area contributed by atoms with Crippen molar-refractivity contribution in [3.8, 4) is 0 Å². The van der Waals surface area contributed by atoms with E-state index < -0.39 is 0 Å². The fraction of sp³-hybridized carbons (Fsp3) is 0.625. The third-order valence-electron chi connectivity index (χ3n) is 4.47. The summed E-state index contributed by atoms with van der Waals surface area (Å²) in [4.78, 5) is 10.3. The minimum Gasteiger partial charge on any atom is -0.317 e. The van der Waals surface area contributed by atoms with Gasteiger partial charge in [0.2, 0.25) is 0 Å². The summed E-state index contributed by atoms with van der Waals surface area (Å²) in [6, 6.07) is 7.59. The van der Waals surface area contributed by atoms with E-state index in [1.807, 2.05) is 12.1 Å². The normalized spacial score (nSPS) is 17.2. The molecule has 1 atom stereocenters. The molecule has 2 rings (SSSR count). The summed E-state index contributed by atoms with van der Waals surface area (Å²) in [5.41, 5.74) is 1.37. The Labute approximate surface area is 120 Å². The van der Waals surface area contributed by atoms with E-state index in [1.165, 1.54) is 37.7 Å². The van der Waals surface area contributed by atoms with Gasteiger partial charge in [0.05, 0.1) is 4.92 Å². The van der Waals surface area contributed by atoms with E-state index in [-0.39, 0.29) is 10.6 Å². The number of nitro groups is 1. The highest BCUT2D eigenvalue weighted by Crippen LogP contribution is 2.29. The van der Waals surface area contributed by atoms with Crippen molar-refractivity contribution in [3.63, 3.8) is 0 Å². The van der Waals surface area contributed by atoms with Gasteiger partial charge in [-0.25, -0.2) is 0 Å². The van der Waals surface area contributed by atoms with E-state index in [0.717, 1.165) is 18.8 Å². The van der Waals surface area contributed by atoms with Gasteiger partial charge in [0.1, 0.15) is 0 Å². The Morgan fingerprint density at radius 3 is 2.50 bits per heavy atom. The molecule has 1 aliphatic rings. The molecule has 0 spiro atoms. The molecule has 1 aromatic carbocycles. The molecule has 1 aromatic rings. The molecule has 1 saturated carbocycles. The molecular formula is C16H24N2O2. The lowest BCUT2D eigenvalue weighted by atomic mass is 9.93. The quantitative estimate of drug-likeness (QED) is 0.610. The number of non-ortho nitro benzene ring substituents is 1. The third-order valence-corrected chi connectivity index (χ3v) is 4.47. The summed E-state index contributed by atoms with van der Waals surface area (Å²) >= 11 is 0. The van der Waals surface area contributed by atoms with Crippen molar-refractivity contribution in [3.05, 3.63) is 39.9 Å². The van der Waals surface area contributed by atoms with Crippen LogP contribution in [0.3, 0.4) is 0 Å². The van der Waals surface area contributed by atoms with Gasteiger partial charge in [0.15, 0.2) is 0 Å². The monoisotopic (exact) mass is 276 g/mol. The number of benzene rings is 1. The molecule has 4 nitrogen and oxygen atoms in total. The van der Waals surface area contributed by atoms with E-state index in [4.69, 9.17) is 0 Å². The largest absolute Gasteiger partial charge is 0.317 e. The van der Waals surface area contributed by atoms with Crippen molar-refractivity contribution in [1.29, 1.82) is 0 Å². The summed E-state index contributed by atoms with van der Waals surface area (Å²) in [5, 5.41) is 14.1. The lowest BCUT2D eigenvalue weighted by molar-refractivity contribution is -0.384. The average molecular weight is 276 g/mol. The first-order valence-corrected chi connectivity index (χ1v) is 7.61. The van der Waals surface area contributed by atoms with Crippen molar-refractivity contribution in [2.24, 2.45) is 5.92 Å². The Balaban J connectivity index is 1.78. The number of nitrogens with zero attached hydrogens (tertiary/aromatic N) is 1. The molecule has 0 radical (unpaired) electrons. The maximum Gasteiger partial charge on any atom is 0.269 e. The van der Waals surface area contributed by atoms with Gasteiger partial charge < -0.3 is 5.32 Å². The number of nitro benzene ring substituents is 1. The van der Waals surface area contributed by atoms with Crippen LogP contribution in [0.1, 0.15) is 44.1 Å². The van der Waals surface area contributed by atoms with Crippen LogP contribution in [0.4, 0.5) is 5.69 Å². The van der Waals surface area contributed by atoms with E-state index in [9.17, 15) is 10.1 Å². The fourth-order valence-electron chi connectivity index (χ4n) is 3.29. The topological polar surface area (TPSA) is 55.2 Å². The first-order chi connectivity index (χ1) is 9.70. The van der Waals surface area contributed by atoms with Gasteiger partial charge in [-0.15, -0.1) is 0 Å². The van der Waals surface area contributed by atoms with Crippen LogP contribution in [0.25, 0.3) is 0 Å². The zero-order valence-electron chi connectivity index (χ0n) is 12.2. The predicted molar refractivity (Wildman–Crippen MR) is 80.8 cm³/mol. The van der Waals surface area contributed by atoms with Gasteiger partial charge in [-0.1, -0.05) is 25.0 Å². The Morgan fingerprint density at radius 2 is 1.95 bits per heavy atom. The highest BCUT2D eigenvalue weighted by Gasteiger charge is 2.23. The molecular weight excluding hydrogens is 252 g/mol. The molecule has 20 heavy (non-hydrogen) atoms. The molecule has 0 bridgehead atoms. The minimum atomic E-state index is -0.346. The molecule has 1 aliphatic carbocycles. The molecule has 4 heteroatoms. The Bertz CT molecular complexity index is 425. The Hall–Kier alpha value is -1.42.